The molecule has 0 amide bonds. The Morgan fingerprint density at radius 3 is 3.06 bits per heavy atom. The minimum absolute atomic E-state index is 0.115. The highest BCUT2D eigenvalue weighted by molar-refractivity contribution is 7.71. The summed E-state index contributed by atoms with van der Waals surface area (Å²) in [4.78, 5) is 20.1. The van der Waals surface area contributed by atoms with Gasteiger partial charge in [0.1, 0.15) is 16.2 Å². The number of aromatic nitrogens is 2. The number of nitrogens with zero attached hydrogens (tertiary/aromatic N) is 2. The number of nitrogens with one attached hydrogen (secondary N) is 1. The van der Waals surface area contributed by atoms with Crippen LogP contribution in [0.25, 0.3) is 0 Å². The number of carboxylic acid groups (broad SMARTS) is 1. The molecule has 1 aliphatic heterocycles. The van der Waals surface area contributed by atoms with Crippen molar-refractivity contribution in [1.29, 1.82) is 0 Å². The summed E-state index contributed by atoms with van der Waals surface area (Å²) in [7, 11) is 2.04. The second-order valence-electron chi connectivity index (χ2n) is 4.07. The largest absolute Gasteiger partial charge is 0.477 e. The molecule has 2 rings (SSSR count). The number of aromatic carboxylic acids is 1. The Bertz CT molecular complexity index is 471. The lowest BCUT2D eigenvalue weighted by Gasteiger charge is -2.10. The summed E-state index contributed by atoms with van der Waals surface area (Å²) < 4.78 is 0.334. The molecule has 2 N–H and O–H groups in total. The van der Waals surface area contributed by atoms with Crippen LogP contribution in [-0.4, -0.2) is 46.1 Å². The van der Waals surface area contributed by atoms with Gasteiger partial charge in [-0.2, -0.15) is 0 Å². The minimum Gasteiger partial charge on any atom is -0.477 e. The zero-order valence-corrected chi connectivity index (χ0v) is 9.75. The van der Waals surface area contributed by atoms with Gasteiger partial charge in [0, 0.05) is 18.5 Å². The molecule has 16 heavy (non-hydrogen) atoms. The van der Waals surface area contributed by atoms with E-state index in [2.05, 4.69) is 14.9 Å². The molecule has 1 aromatic rings. The number of likely N-dealkylation sites (tertiary alicyclic amines) is 1. The van der Waals surface area contributed by atoms with Gasteiger partial charge in [-0.15, -0.1) is 0 Å². The van der Waals surface area contributed by atoms with Crippen LogP contribution in [0.3, 0.4) is 0 Å². The molecule has 1 aliphatic rings. The molecular formula is C10H13N3O2S. The summed E-state index contributed by atoms with van der Waals surface area (Å²) in [5, 5.41) is 8.91. The average Bonchev–Trinajstić information content (AvgIpc) is 2.64. The maximum atomic E-state index is 10.9. The summed E-state index contributed by atoms with van der Waals surface area (Å²) in [6, 6.07) is 1.37. The van der Waals surface area contributed by atoms with E-state index in [1.54, 1.807) is 0 Å². The monoisotopic (exact) mass is 239 g/mol. The quantitative estimate of drug-likeness (QED) is 0.760. The molecule has 0 bridgehead atoms. The Hall–Kier alpha value is -1.27. The molecular weight excluding hydrogens is 226 g/mol. The third-order valence-corrected chi connectivity index (χ3v) is 2.98. The van der Waals surface area contributed by atoms with Crippen LogP contribution in [-0.2, 0) is 0 Å². The molecule has 6 heteroatoms. The van der Waals surface area contributed by atoms with Gasteiger partial charge in [0.15, 0.2) is 0 Å². The van der Waals surface area contributed by atoms with Crippen molar-refractivity contribution in [3.63, 3.8) is 0 Å². The van der Waals surface area contributed by atoms with Gasteiger partial charge in [0.05, 0.1) is 0 Å². The van der Waals surface area contributed by atoms with Crippen molar-refractivity contribution in [2.75, 3.05) is 20.1 Å². The van der Waals surface area contributed by atoms with Crippen molar-refractivity contribution in [1.82, 2.24) is 14.9 Å². The third-order valence-electron chi connectivity index (χ3n) is 2.77. The van der Waals surface area contributed by atoms with E-state index in [0.29, 0.717) is 10.5 Å². The maximum absolute atomic E-state index is 10.9. The van der Waals surface area contributed by atoms with E-state index in [4.69, 9.17) is 17.3 Å². The standard InChI is InChI=1S/C10H13N3O2S/c1-13-3-2-6(5-13)9-11-7(10(14)15)4-8(16)12-9/h4,6H,2-3,5H2,1H3,(H,14,15)(H,11,12,16). The van der Waals surface area contributed by atoms with E-state index >= 15 is 0 Å². The number of H-pyrrole nitrogens is 1. The molecule has 1 fully saturated rings. The summed E-state index contributed by atoms with van der Waals surface area (Å²) >= 11 is 4.96. The number of carbonyl (C=O) groups is 1. The van der Waals surface area contributed by atoms with E-state index in [0.717, 1.165) is 19.5 Å². The Morgan fingerprint density at radius 1 is 1.75 bits per heavy atom. The van der Waals surface area contributed by atoms with Crippen LogP contribution in [0.4, 0.5) is 0 Å². The SMILES string of the molecule is CN1CCC(c2nc(=S)cc(C(=O)O)[nH]2)C1. The van der Waals surface area contributed by atoms with Gasteiger partial charge in [0.2, 0.25) is 0 Å². The van der Waals surface area contributed by atoms with E-state index < -0.39 is 5.97 Å². The van der Waals surface area contributed by atoms with Crippen molar-refractivity contribution >= 4 is 18.2 Å². The zero-order chi connectivity index (χ0) is 11.7. The first kappa shape index (κ1) is 11.2. The molecule has 0 saturated carbocycles. The Kier molecular flexibility index (Phi) is 3.02. The van der Waals surface area contributed by atoms with Crippen molar-refractivity contribution in [2.24, 2.45) is 0 Å². The van der Waals surface area contributed by atoms with Gasteiger partial charge in [-0.3, -0.25) is 0 Å². The fraction of sp³-hybridized carbons (Fsp3) is 0.500. The van der Waals surface area contributed by atoms with Crippen LogP contribution in [0.1, 0.15) is 28.7 Å². The molecule has 0 aromatic carbocycles. The maximum Gasteiger partial charge on any atom is 0.352 e. The van der Waals surface area contributed by atoms with Crippen molar-refractivity contribution in [2.45, 2.75) is 12.3 Å². The third kappa shape index (κ3) is 2.28. The van der Waals surface area contributed by atoms with E-state index in [1.165, 1.54) is 6.07 Å². The normalized spacial score (nSPS) is 21.2. The van der Waals surface area contributed by atoms with Gasteiger partial charge in [-0.1, -0.05) is 12.2 Å². The molecule has 86 valence electrons. The number of aromatic amines is 1. The first-order valence-corrected chi connectivity index (χ1v) is 5.50. The second kappa shape index (κ2) is 4.31. The molecule has 1 saturated heterocycles. The van der Waals surface area contributed by atoms with Crippen molar-refractivity contribution < 1.29 is 9.90 Å². The summed E-state index contributed by atoms with van der Waals surface area (Å²) in [6.07, 6.45) is 0.984. The van der Waals surface area contributed by atoms with Crippen LogP contribution < -0.4 is 0 Å². The van der Waals surface area contributed by atoms with E-state index in [1.807, 2.05) is 7.05 Å². The highest BCUT2D eigenvalue weighted by Gasteiger charge is 2.23. The van der Waals surface area contributed by atoms with Gasteiger partial charge in [-0.05, 0) is 20.0 Å². The van der Waals surface area contributed by atoms with Gasteiger partial charge < -0.3 is 15.0 Å². The summed E-state index contributed by atoms with van der Waals surface area (Å²) in [6.45, 7) is 1.89. The van der Waals surface area contributed by atoms with Crippen LogP contribution in [0.15, 0.2) is 6.07 Å². The number of hydrogen-bond donors (Lipinski definition) is 2. The molecule has 1 atom stereocenters. The molecule has 0 spiro atoms. The molecule has 0 aliphatic carbocycles. The Balaban J connectivity index is 2.34. The van der Waals surface area contributed by atoms with Crippen molar-refractivity contribution in [3.8, 4) is 0 Å². The smallest absolute Gasteiger partial charge is 0.352 e. The summed E-state index contributed by atoms with van der Waals surface area (Å²) in [5.74, 6) is -0.0543. The number of hydrogen-bond acceptors (Lipinski definition) is 4. The Labute approximate surface area is 98.1 Å². The molecule has 0 radical (unpaired) electrons. The predicted molar refractivity (Wildman–Crippen MR) is 61.2 cm³/mol. The van der Waals surface area contributed by atoms with Gasteiger partial charge in [0.25, 0.3) is 0 Å². The second-order valence-corrected chi connectivity index (χ2v) is 4.49. The summed E-state index contributed by atoms with van der Waals surface area (Å²) in [5.41, 5.74) is 0.115. The first-order chi connectivity index (χ1) is 7.56. The fourth-order valence-electron chi connectivity index (χ4n) is 1.94. The highest BCUT2D eigenvalue weighted by Crippen LogP contribution is 2.23. The van der Waals surface area contributed by atoms with Crippen LogP contribution >= 0.6 is 12.2 Å². The van der Waals surface area contributed by atoms with Crippen molar-refractivity contribution in [3.05, 3.63) is 22.2 Å². The molecule has 2 heterocycles. The topological polar surface area (TPSA) is 69.2 Å². The predicted octanol–water partition coefficient (Wildman–Crippen LogP) is 1.26. The van der Waals surface area contributed by atoms with Crippen LogP contribution in [0.5, 0.6) is 0 Å². The molecule has 1 aromatic heterocycles. The lowest BCUT2D eigenvalue weighted by molar-refractivity contribution is 0.0689. The molecule has 5 nitrogen and oxygen atoms in total. The van der Waals surface area contributed by atoms with Gasteiger partial charge in [-0.25, -0.2) is 9.78 Å². The number of carboxylic acids is 1. The number of rotatable bonds is 2. The highest BCUT2D eigenvalue weighted by atomic mass is 32.1. The van der Waals surface area contributed by atoms with Crippen LogP contribution in [0.2, 0.25) is 0 Å². The van der Waals surface area contributed by atoms with E-state index in [9.17, 15) is 4.79 Å². The molecule has 1 unspecified atom stereocenters. The zero-order valence-electron chi connectivity index (χ0n) is 8.93. The van der Waals surface area contributed by atoms with Gasteiger partial charge >= 0.3 is 5.97 Å². The lowest BCUT2D eigenvalue weighted by atomic mass is 10.1. The fourth-order valence-corrected chi connectivity index (χ4v) is 2.16. The average molecular weight is 239 g/mol. The minimum atomic E-state index is -0.999. The Morgan fingerprint density at radius 2 is 2.50 bits per heavy atom. The van der Waals surface area contributed by atoms with E-state index in [-0.39, 0.29) is 11.6 Å². The van der Waals surface area contributed by atoms with Crippen LogP contribution in [0, 0.1) is 4.64 Å². The lowest BCUT2D eigenvalue weighted by Crippen LogP contribution is -2.15. The first-order valence-electron chi connectivity index (χ1n) is 5.09. The number of likely N-dealkylation sites (N-methyl/N-ethyl adjacent to an activating group) is 1.